The van der Waals surface area contributed by atoms with Crippen molar-refractivity contribution in [2.24, 2.45) is 5.92 Å². The second kappa shape index (κ2) is 7.44. The fourth-order valence-electron chi connectivity index (χ4n) is 3.94. The lowest BCUT2D eigenvalue weighted by atomic mass is 9.92. The van der Waals surface area contributed by atoms with E-state index in [1.165, 1.54) is 6.07 Å². The summed E-state index contributed by atoms with van der Waals surface area (Å²) >= 11 is 0. The third kappa shape index (κ3) is 3.91. The van der Waals surface area contributed by atoms with E-state index in [0.717, 1.165) is 35.5 Å². The maximum absolute atomic E-state index is 11.9. The topological polar surface area (TPSA) is 108 Å². The highest BCUT2D eigenvalue weighted by atomic mass is 32.2. The Morgan fingerprint density at radius 3 is 2.64 bits per heavy atom. The van der Waals surface area contributed by atoms with Crippen LogP contribution in [0.1, 0.15) is 56.0 Å². The minimum Gasteiger partial charge on any atom is -0.351 e. The van der Waals surface area contributed by atoms with Crippen LogP contribution in [0.2, 0.25) is 0 Å². The Morgan fingerprint density at radius 1 is 1.25 bits per heavy atom. The van der Waals surface area contributed by atoms with E-state index in [1.807, 2.05) is 0 Å². The van der Waals surface area contributed by atoms with Gasteiger partial charge >= 0.3 is 0 Å². The maximum atomic E-state index is 11.9. The zero-order chi connectivity index (χ0) is 23.5. The molecule has 2 aromatic heterocycles. The second-order valence-corrected chi connectivity index (χ2v) is 9.53. The molecule has 152 valence electrons. The zero-order valence-corrected chi connectivity index (χ0v) is 16.7. The molecule has 2 aromatic rings. The Hall–Kier alpha value is -2.00. The molecule has 0 bridgehead atoms. The largest absolute Gasteiger partial charge is 0.351 e. The highest BCUT2D eigenvalue weighted by Crippen LogP contribution is 2.40. The molecular weight excluding hydrogens is 378 g/mol. The standard InChI is InChI=1S/C19H27N5O3S/c1-12-4-3-5-14(12)17-15-6-7-16(25)21-18(15)23-19(22-17)20-13-8-10-24(11-9-13)28(2,26)27/h6-7,12-14H,3-5,8-11H2,1-2H3,(H2,20,21,22,23,25)/t12-,14+/m0/s1/i8D2,9D2. The summed E-state index contributed by atoms with van der Waals surface area (Å²) in [5.74, 6) is 0.537. The molecule has 0 amide bonds. The van der Waals surface area contributed by atoms with Crippen LogP contribution in [0.15, 0.2) is 16.9 Å². The summed E-state index contributed by atoms with van der Waals surface area (Å²) in [7, 11) is -3.77. The lowest BCUT2D eigenvalue weighted by Gasteiger charge is -2.30. The highest BCUT2D eigenvalue weighted by molar-refractivity contribution is 7.88. The van der Waals surface area contributed by atoms with E-state index in [-0.39, 0.29) is 17.4 Å². The number of piperidine rings is 1. The van der Waals surface area contributed by atoms with Crippen LogP contribution in [0.25, 0.3) is 11.0 Å². The number of hydrogen-bond acceptors (Lipinski definition) is 6. The molecule has 1 aliphatic heterocycles. The van der Waals surface area contributed by atoms with Gasteiger partial charge in [0.2, 0.25) is 21.5 Å². The van der Waals surface area contributed by atoms with Crippen LogP contribution >= 0.6 is 0 Å². The van der Waals surface area contributed by atoms with Gasteiger partial charge in [-0.2, -0.15) is 4.98 Å². The molecule has 0 unspecified atom stereocenters. The van der Waals surface area contributed by atoms with Crippen molar-refractivity contribution in [2.75, 3.05) is 24.7 Å². The summed E-state index contributed by atoms with van der Waals surface area (Å²) in [5.41, 5.74) is 0.715. The van der Waals surface area contributed by atoms with Gasteiger partial charge in [-0.15, -0.1) is 0 Å². The first-order chi connectivity index (χ1) is 14.8. The van der Waals surface area contributed by atoms with Crippen molar-refractivity contribution < 1.29 is 13.9 Å². The molecule has 2 fully saturated rings. The van der Waals surface area contributed by atoms with E-state index in [9.17, 15) is 13.2 Å². The van der Waals surface area contributed by atoms with E-state index in [4.69, 9.17) is 5.48 Å². The van der Waals surface area contributed by atoms with Crippen LogP contribution in [0.4, 0.5) is 5.95 Å². The number of aromatic nitrogens is 3. The van der Waals surface area contributed by atoms with Gasteiger partial charge in [-0.3, -0.25) is 4.79 Å². The summed E-state index contributed by atoms with van der Waals surface area (Å²) in [6.07, 6.45) is -0.483. The van der Waals surface area contributed by atoms with Gasteiger partial charge in [-0.05, 0) is 31.2 Å². The van der Waals surface area contributed by atoms with Crippen LogP contribution in [-0.2, 0) is 10.0 Å². The van der Waals surface area contributed by atoms with Crippen molar-refractivity contribution >= 4 is 27.0 Å². The molecule has 0 aromatic carbocycles. The van der Waals surface area contributed by atoms with Crippen molar-refractivity contribution in [2.45, 2.75) is 50.9 Å². The number of H-pyrrole nitrogens is 1. The first-order valence-electron chi connectivity index (χ1n) is 11.4. The van der Waals surface area contributed by atoms with Crippen LogP contribution in [0.5, 0.6) is 0 Å². The average Bonchev–Trinajstić information content (AvgIpc) is 3.08. The van der Waals surface area contributed by atoms with Gasteiger partial charge in [-0.25, -0.2) is 17.7 Å². The average molecular weight is 410 g/mol. The van der Waals surface area contributed by atoms with Gasteiger partial charge in [0.25, 0.3) is 0 Å². The Morgan fingerprint density at radius 2 is 2.00 bits per heavy atom. The fourth-order valence-corrected chi connectivity index (χ4v) is 4.56. The second-order valence-electron chi connectivity index (χ2n) is 7.55. The quantitative estimate of drug-likeness (QED) is 0.800. The summed E-state index contributed by atoms with van der Waals surface area (Å²) < 4.78 is 58.3. The lowest BCUT2D eigenvalue weighted by molar-refractivity contribution is 0.331. The van der Waals surface area contributed by atoms with E-state index >= 15 is 0 Å². The van der Waals surface area contributed by atoms with Crippen LogP contribution in [0, 0.1) is 5.92 Å². The molecule has 2 N–H and O–H groups in total. The number of hydrogen-bond donors (Lipinski definition) is 2. The molecule has 0 radical (unpaired) electrons. The molecule has 4 rings (SSSR count). The number of rotatable bonds is 4. The molecule has 2 aliphatic rings. The molecule has 1 saturated heterocycles. The Labute approximate surface area is 170 Å². The van der Waals surface area contributed by atoms with Crippen LogP contribution < -0.4 is 10.9 Å². The van der Waals surface area contributed by atoms with Crippen molar-refractivity contribution in [3.8, 4) is 0 Å². The molecular formula is C19H27N5O3S. The van der Waals surface area contributed by atoms with Gasteiger partial charge in [0, 0.05) is 42.0 Å². The molecule has 8 nitrogen and oxygen atoms in total. The third-order valence-corrected chi connectivity index (χ3v) is 6.71. The number of nitrogens with one attached hydrogen (secondary N) is 2. The number of pyridine rings is 1. The number of nitrogens with zero attached hydrogens (tertiary/aromatic N) is 3. The first kappa shape index (κ1) is 14.9. The van der Waals surface area contributed by atoms with E-state index < -0.39 is 41.9 Å². The Bertz CT molecular complexity index is 1190. The number of aromatic amines is 1. The number of anilines is 1. The Kier molecular flexibility index (Phi) is 3.96. The van der Waals surface area contributed by atoms with Crippen molar-refractivity contribution in [3.05, 3.63) is 28.2 Å². The van der Waals surface area contributed by atoms with Gasteiger partial charge in [0.15, 0.2) is 0 Å². The molecule has 1 saturated carbocycles. The van der Waals surface area contributed by atoms with Crippen molar-refractivity contribution in [1.82, 2.24) is 19.3 Å². The highest BCUT2D eigenvalue weighted by Gasteiger charge is 2.29. The third-order valence-electron chi connectivity index (χ3n) is 5.52. The molecule has 0 spiro atoms. The predicted octanol–water partition coefficient (Wildman–Crippen LogP) is 2.06. The van der Waals surface area contributed by atoms with Crippen molar-refractivity contribution in [1.29, 1.82) is 0 Å². The monoisotopic (exact) mass is 409 g/mol. The van der Waals surface area contributed by atoms with Crippen LogP contribution in [0.3, 0.4) is 0 Å². The molecule has 2 atom stereocenters. The van der Waals surface area contributed by atoms with Gasteiger partial charge < -0.3 is 10.3 Å². The lowest BCUT2D eigenvalue weighted by Crippen LogP contribution is -2.42. The normalized spacial score (nSPS) is 30.4. The Balaban J connectivity index is 1.76. The fraction of sp³-hybridized carbons (Fsp3) is 0.632. The first-order valence-corrected chi connectivity index (χ1v) is 11.3. The summed E-state index contributed by atoms with van der Waals surface area (Å²) in [6.45, 7) is 1.17. The van der Waals surface area contributed by atoms with Gasteiger partial charge in [0.05, 0.1) is 11.9 Å². The molecule has 28 heavy (non-hydrogen) atoms. The molecule has 3 heterocycles. The SMILES string of the molecule is [2H]C1([2H])CN(S(C)(=O)=O)CC([2H])([2H])C1Nc1nc([C@@H]2CCC[C@@H]2C)c2ccc(=O)[nH]c2n1. The van der Waals surface area contributed by atoms with Gasteiger partial charge in [-0.1, -0.05) is 19.8 Å². The summed E-state index contributed by atoms with van der Waals surface area (Å²) in [6, 6.07) is 1.70. The predicted molar refractivity (Wildman–Crippen MR) is 109 cm³/mol. The van der Waals surface area contributed by atoms with Crippen molar-refractivity contribution in [3.63, 3.8) is 0 Å². The van der Waals surface area contributed by atoms with E-state index in [0.29, 0.717) is 17.0 Å². The summed E-state index contributed by atoms with van der Waals surface area (Å²) in [5, 5.41) is 3.52. The molecule has 9 heteroatoms. The van der Waals surface area contributed by atoms with E-state index in [2.05, 4.69) is 27.2 Å². The van der Waals surface area contributed by atoms with Crippen LogP contribution in [-0.4, -0.2) is 53.1 Å². The van der Waals surface area contributed by atoms with E-state index in [1.54, 1.807) is 6.07 Å². The number of sulfonamides is 1. The maximum Gasteiger partial charge on any atom is 0.249 e. The minimum absolute atomic E-state index is 0.0130. The van der Waals surface area contributed by atoms with Gasteiger partial charge in [0.1, 0.15) is 5.65 Å². The minimum atomic E-state index is -3.77. The molecule has 1 aliphatic carbocycles. The zero-order valence-electron chi connectivity index (χ0n) is 19.9. The smallest absolute Gasteiger partial charge is 0.249 e. The summed E-state index contributed by atoms with van der Waals surface area (Å²) in [4.78, 5) is 23.6. The number of fused-ring (bicyclic) bond motifs is 1.